The first-order chi connectivity index (χ1) is 18.4. The largest absolute Gasteiger partial charge is 0.416 e. The van der Waals surface area contributed by atoms with Crippen LogP contribution < -0.4 is 10.6 Å². The van der Waals surface area contributed by atoms with E-state index in [-0.39, 0.29) is 28.2 Å². The highest BCUT2D eigenvalue weighted by molar-refractivity contribution is 6.08. The maximum Gasteiger partial charge on any atom is 0.416 e. The molecular formula is C30H31F6N3. The second-order valence-electron chi connectivity index (χ2n) is 9.09. The SMILES string of the molecule is C=C(NC1=NC(c2ccccc2C(F)(F)F)Nc2ccccc21)c1cccc(C(F)(F)F)c1C.CCCCC. The van der Waals surface area contributed by atoms with Crippen LogP contribution in [0, 0.1) is 6.92 Å². The number of rotatable bonds is 5. The van der Waals surface area contributed by atoms with Crippen LogP contribution in [0.4, 0.5) is 32.0 Å². The normalized spacial score (nSPS) is 14.8. The predicted octanol–water partition coefficient (Wildman–Crippen LogP) is 9.36. The minimum absolute atomic E-state index is 0.0192. The first-order valence-corrected chi connectivity index (χ1v) is 12.6. The lowest BCUT2D eigenvalue weighted by Gasteiger charge is -2.28. The van der Waals surface area contributed by atoms with Gasteiger partial charge in [0.2, 0.25) is 0 Å². The third-order valence-corrected chi connectivity index (χ3v) is 6.23. The van der Waals surface area contributed by atoms with Gasteiger partial charge in [-0.25, -0.2) is 4.99 Å². The lowest BCUT2D eigenvalue weighted by atomic mass is 9.99. The molecule has 3 aromatic rings. The van der Waals surface area contributed by atoms with Crippen LogP contribution in [0.2, 0.25) is 0 Å². The number of amidine groups is 1. The number of fused-ring (bicyclic) bond motifs is 1. The van der Waals surface area contributed by atoms with Crippen molar-refractivity contribution in [2.24, 2.45) is 4.99 Å². The molecule has 0 spiro atoms. The van der Waals surface area contributed by atoms with Gasteiger partial charge in [-0.15, -0.1) is 0 Å². The van der Waals surface area contributed by atoms with E-state index in [1.807, 2.05) is 0 Å². The van der Waals surface area contributed by atoms with E-state index in [1.54, 1.807) is 24.3 Å². The summed E-state index contributed by atoms with van der Waals surface area (Å²) in [6.45, 7) is 9.63. The summed E-state index contributed by atoms with van der Waals surface area (Å²) >= 11 is 0. The summed E-state index contributed by atoms with van der Waals surface area (Å²) in [7, 11) is 0. The number of hydrogen-bond acceptors (Lipinski definition) is 3. The number of unbranched alkanes of at least 4 members (excludes halogenated alkanes) is 2. The van der Waals surface area contributed by atoms with Crippen LogP contribution in [0.5, 0.6) is 0 Å². The molecule has 0 aromatic heterocycles. The molecule has 208 valence electrons. The lowest BCUT2D eigenvalue weighted by molar-refractivity contribution is -0.139. The van der Waals surface area contributed by atoms with E-state index in [1.165, 1.54) is 56.5 Å². The van der Waals surface area contributed by atoms with Crippen LogP contribution in [-0.4, -0.2) is 5.84 Å². The number of nitrogens with zero attached hydrogens (tertiary/aromatic N) is 1. The van der Waals surface area contributed by atoms with Gasteiger partial charge < -0.3 is 10.6 Å². The molecule has 0 radical (unpaired) electrons. The second kappa shape index (κ2) is 12.4. The topological polar surface area (TPSA) is 36.4 Å². The molecule has 0 fully saturated rings. The van der Waals surface area contributed by atoms with Gasteiger partial charge >= 0.3 is 12.4 Å². The first-order valence-electron chi connectivity index (χ1n) is 12.6. The van der Waals surface area contributed by atoms with Crippen molar-refractivity contribution in [3.8, 4) is 0 Å². The van der Waals surface area contributed by atoms with E-state index in [4.69, 9.17) is 0 Å². The van der Waals surface area contributed by atoms with Crippen LogP contribution in [0.15, 0.2) is 78.3 Å². The van der Waals surface area contributed by atoms with Crippen molar-refractivity contribution in [1.29, 1.82) is 0 Å². The van der Waals surface area contributed by atoms with Gasteiger partial charge in [-0.3, -0.25) is 0 Å². The average Bonchev–Trinajstić information content (AvgIpc) is 2.88. The summed E-state index contributed by atoms with van der Waals surface area (Å²) < 4.78 is 80.9. The van der Waals surface area contributed by atoms with E-state index in [9.17, 15) is 26.3 Å². The molecule has 0 aliphatic carbocycles. The Balaban J connectivity index is 0.000000771. The zero-order chi connectivity index (χ0) is 28.8. The van der Waals surface area contributed by atoms with Crippen molar-refractivity contribution in [1.82, 2.24) is 5.32 Å². The molecule has 1 aliphatic heterocycles. The van der Waals surface area contributed by atoms with Gasteiger partial charge in [0.15, 0.2) is 0 Å². The van der Waals surface area contributed by atoms with Crippen LogP contribution in [0.25, 0.3) is 5.70 Å². The fourth-order valence-electron chi connectivity index (χ4n) is 4.27. The molecule has 4 rings (SSSR count). The van der Waals surface area contributed by atoms with Crippen molar-refractivity contribution in [3.05, 3.63) is 107 Å². The molecule has 0 bridgehead atoms. The fourth-order valence-corrected chi connectivity index (χ4v) is 4.27. The third-order valence-electron chi connectivity index (χ3n) is 6.23. The fraction of sp³-hybridized carbons (Fsp3) is 0.300. The van der Waals surface area contributed by atoms with E-state index in [0.29, 0.717) is 11.3 Å². The number of halogens is 6. The lowest BCUT2D eigenvalue weighted by Crippen LogP contribution is -2.30. The molecule has 0 saturated carbocycles. The van der Waals surface area contributed by atoms with Gasteiger partial charge in [0.1, 0.15) is 12.0 Å². The van der Waals surface area contributed by atoms with Gasteiger partial charge in [-0.2, -0.15) is 26.3 Å². The van der Waals surface area contributed by atoms with Crippen molar-refractivity contribution in [2.75, 3.05) is 5.32 Å². The maximum absolute atomic E-state index is 13.6. The molecule has 39 heavy (non-hydrogen) atoms. The highest BCUT2D eigenvalue weighted by Crippen LogP contribution is 2.38. The Labute approximate surface area is 224 Å². The number of aliphatic imine (C=N–C) groups is 1. The summed E-state index contributed by atoms with van der Waals surface area (Å²) in [4.78, 5) is 4.45. The molecule has 0 saturated heterocycles. The molecule has 3 nitrogen and oxygen atoms in total. The first kappa shape index (κ1) is 29.8. The smallest absolute Gasteiger partial charge is 0.359 e. The second-order valence-corrected chi connectivity index (χ2v) is 9.09. The Bertz CT molecular complexity index is 1320. The molecule has 3 aromatic carbocycles. The maximum atomic E-state index is 13.6. The van der Waals surface area contributed by atoms with Crippen molar-refractivity contribution in [2.45, 2.75) is 58.6 Å². The number of hydrogen-bond donors (Lipinski definition) is 2. The highest BCUT2D eigenvalue weighted by atomic mass is 19.4. The number of anilines is 1. The molecule has 1 atom stereocenters. The van der Waals surface area contributed by atoms with Crippen LogP contribution >= 0.6 is 0 Å². The Morgan fingerprint density at radius 1 is 0.846 bits per heavy atom. The number of nitrogens with one attached hydrogen (secondary N) is 2. The minimum atomic E-state index is -4.59. The standard InChI is InChI=1S/C25H19F6N3.C5H12/c1-14-16(10-7-12-19(14)24(26,27)28)15(2)32-23-18-9-4-6-13-21(18)33-22(34-23)17-8-3-5-11-20(17)25(29,30)31;1-3-5-4-2/h3-13,22,33H,2H2,1H3,(H,32,34);3-5H2,1-2H3. The van der Waals surface area contributed by atoms with E-state index >= 15 is 0 Å². The van der Waals surface area contributed by atoms with E-state index < -0.39 is 29.6 Å². The van der Waals surface area contributed by atoms with E-state index in [2.05, 4.69) is 36.1 Å². The third kappa shape index (κ3) is 7.22. The van der Waals surface area contributed by atoms with Crippen molar-refractivity contribution < 1.29 is 26.3 Å². The predicted molar refractivity (Wildman–Crippen MR) is 144 cm³/mol. The summed E-state index contributed by atoms with van der Waals surface area (Å²) in [6.07, 6.45) is -6.12. The highest BCUT2D eigenvalue weighted by Gasteiger charge is 2.36. The number of para-hydroxylation sites is 1. The Morgan fingerprint density at radius 3 is 2.05 bits per heavy atom. The minimum Gasteiger partial charge on any atom is -0.359 e. The quantitative estimate of drug-likeness (QED) is 0.312. The van der Waals surface area contributed by atoms with Gasteiger partial charge in [0, 0.05) is 28.1 Å². The van der Waals surface area contributed by atoms with Crippen LogP contribution in [0.1, 0.15) is 72.7 Å². The summed E-state index contributed by atoms with van der Waals surface area (Å²) in [5.74, 6) is 0.193. The summed E-state index contributed by atoms with van der Waals surface area (Å²) in [5, 5.41) is 5.94. The summed E-state index contributed by atoms with van der Waals surface area (Å²) in [6, 6.07) is 15.7. The monoisotopic (exact) mass is 547 g/mol. The van der Waals surface area contributed by atoms with Crippen molar-refractivity contribution in [3.63, 3.8) is 0 Å². The van der Waals surface area contributed by atoms with Gasteiger partial charge in [-0.05, 0) is 36.8 Å². The Morgan fingerprint density at radius 2 is 1.44 bits per heavy atom. The van der Waals surface area contributed by atoms with Crippen LogP contribution in [-0.2, 0) is 12.4 Å². The zero-order valence-electron chi connectivity index (χ0n) is 22.0. The van der Waals surface area contributed by atoms with E-state index in [0.717, 1.165) is 12.1 Å². The number of alkyl halides is 6. The molecule has 9 heteroatoms. The zero-order valence-corrected chi connectivity index (χ0v) is 22.0. The average molecular weight is 548 g/mol. The molecular weight excluding hydrogens is 516 g/mol. The molecule has 0 amide bonds. The Kier molecular flexibility index (Phi) is 9.48. The molecule has 1 unspecified atom stereocenters. The van der Waals surface area contributed by atoms with Crippen molar-refractivity contribution >= 4 is 17.2 Å². The van der Waals surface area contributed by atoms with Gasteiger partial charge in [0.05, 0.1) is 11.1 Å². The van der Waals surface area contributed by atoms with Gasteiger partial charge in [0.25, 0.3) is 0 Å². The molecule has 1 aliphatic rings. The van der Waals surface area contributed by atoms with Gasteiger partial charge in [-0.1, -0.05) is 82.2 Å². The van der Waals surface area contributed by atoms with Crippen LogP contribution in [0.3, 0.4) is 0 Å². The Hall–Kier alpha value is -3.75. The molecule has 2 N–H and O–H groups in total. The molecule has 1 heterocycles. The number of benzene rings is 3. The summed E-state index contributed by atoms with van der Waals surface area (Å²) in [5.41, 5.74) is -0.286.